The second-order valence-corrected chi connectivity index (χ2v) is 6.07. The molecule has 0 saturated carbocycles. The number of carbonyl (C=O) groups is 1. The molecule has 0 aromatic carbocycles. The minimum atomic E-state index is 0.266. The zero-order valence-corrected chi connectivity index (χ0v) is 12.9. The van der Waals surface area contributed by atoms with Crippen molar-refractivity contribution in [1.29, 1.82) is 0 Å². The van der Waals surface area contributed by atoms with Gasteiger partial charge in [0.2, 0.25) is 0 Å². The van der Waals surface area contributed by atoms with Crippen molar-refractivity contribution in [2.24, 2.45) is 7.05 Å². The van der Waals surface area contributed by atoms with Crippen LogP contribution in [0.4, 0.5) is 0 Å². The van der Waals surface area contributed by atoms with Gasteiger partial charge in [-0.05, 0) is 46.6 Å². The van der Waals surface area contributed by atoms with Crippen molar-refractivity contribution in [2.75, 3.05) is 6.54 Å². The van der Waals surface area contributed by atoms with Crippen LogP contribution < -0.4 is 0 Å². The molecule has 0 spiro atoms. The van der Waals surface area contributed by atoms with E-state index in [9.17, 15) is 4.79 Å². The van der Waals surface area contributed by atoms with Gasteiger partial charge in [-0.2, -0.15) is 0 Å². The number of carbonyl (C=O) groups excluding carboxylic acids is 1. The Balaban J connectivity index is 2.14. The summed E-state index contributed by atoms with van der Waals surface area (Å²) < 4.78 is 2.09. The molecular formula is C16H26N2O. The van der Waals surface area contributed by atoms with Crippen LogP contribution in [0.2, 0.25) is 0 Å². The normalized spacial score (nSPS) is 24.7. The zero-order chi connectivity index (χ0) is 14.2. The highest BCUT2D eigenvalue weighted by atomic mass is 16.1. The van der Waals surface area contributed by atoms with Gasteiger partial charge in [0, 0.05) is 36.1 Å². The lowest BCUT2D eigenvalue weighted by Gasteiger charge is -2.38. The Bertz CT molecular complexity index is 465. The van der Waals surface area contributed by atoms with Crippen LogP contribution in [0.3, 0.4) is 0 Å². The average molecular weight is 262 g/mol. The number of piperidine rings is 1. The van der Waals surface area contributed by atoms with Crippen molar-refractivity contribution in [1.82, 2.24) is 9.47 Å². The smallest absolute Gasteiger partial charge is 0.178 e. The highest BCUT2D eigenvalue weighted by Crippen LogP contribution is 2.23. The zero-order valence-electron chi connectivity index (χ0n) is 12.9. The molecule has 0 aliphatic carbocycles. The Kier molecular flexibility index (Phi) is 4.14. The Morgan fingerprint density at radius 1 is 1.26 bits per heavy atom. The fraction of sp³-hybridized carbons (Fsp3) is 0.688. The first-order valence-corrected chi connectivity index (χ1v) is 7.33. The predicted octanol–water partition coefficient (Wildman–Crippen LogP) is 3.09. The molecule has 1 saturated heterocycles. The Morgan fingerprint density at radius 2 is 1.84 bits per heavy atom. The maximum Gasteiger partial charge on any atom is 0.178 e. The summed E-state index contributed by atoms with van der Waals surface area (Å²) in [5.74, 6) is 0.266. The predicted molar refractivity (Wildman–Crippen MR) is 78.7 cm³/mol. The van der Waals surface area contributed by atoms with Crippen LogP contribution in [0.5, 0.6) is 0 Å². The van der Waals surface area contributed by atoms with E-state index < -0.39 is 0 Å². The second-order valence-electron chi connectivity index (χ2n) is 6.07. The summed E-state index contributed by atoms with van der Waals surface area (Å²) in [5, 5.41) is 0. The third kappa shape index (κ3) is 2.76. The molecule has 2 rings (SSSR count). The number of likely N-dealkylation sites (tertiary alicyclic amines) is 1. The summed E-state index contributed by atoms with van der Waals surface area (Å²) in [6, 6.07) is 3.08. The maximum atomic E-state index is 12.5. The molecule has 0 radical (unpaired) electrons. The van der Waals surface area contributed by atoms with Crippen LogP contribution in [0.1, 0.15) is 54.9 Å². The van der Waals surface area contributed by atoms with E-state index in [2.05, 4.69) is 30.2 Å². The number of rotatable bonds is 3. The van der Waals surface area contributed by atoms with Crippen molar-refractivity contribution < 1.29 is 4.79 Å². The van der Waals surface area contributed by atoms with E-state index in [0.29, 0.717) is 18.6 Å². The van der Waals surface area contributed by atoms with Crippen LogP contribution in [0, 0.1) is 13.8 Å². The molecule has 0 bridgehead atoms. The molecule has 106 valence electrons. The van der Waals surface area contributed by atoms with Gasteiger partial charge in [-0.15, -0.1) is 0 Å². The van der Waals surface area contributed by atoms with Gasteiger partial charge in [0.05, 0.1) is 6.54 Å². The molecule has 3 heteroatoms. The topological polar surface area (TPSA) is 25.2 Å². The van der Waals surface area contributed by atoms with Gasteiger partial charge in [0.15, 0.2) is 5.78 Å². The van der Waals surface area contributed by atoms with Crippen molar-refractivity contribution in [3.05, 3.63) is 23.0 Å². The minimum Gasteiger partial charge on any atom is -0.351 e. The molecule has 2 atom stereocenters. The van der Waals surface area contributed by atoms with E-state index in [1.807, 2.05) is 20.0 Å². The number of nitrogens with zero attached hydrogens (tertiary/aromatic N) is 2. The maximum absolute atomic E-state index is 12.5. The molecule has 1 aromatic rings. The third-order valence-corrected chi connectivity index (χ3v) is 4.78. The molecule has 1 aliphatic rings. The summed E-state index contributed by atoms with van der Waals surface area (Å²) in [5.41, 5.74) is 3.13. The van der Waals surface area contributed by atoms with Gasteiger partial charge in [0.25, 0.3) is 0 Å². The van der Waals surface area contributed by atoms with Gasteiger partial charge < -0.3 is 4.57 Å². The average Bonchev–Trinajstić information content (AvgIpc) is 2.62. The minimum absolute atomic E-state index is 0.266. The Morgan fingerprint density at radius 3 is 2.32 bits per heavy atom. The largest absolute Gasteiger partial charge is 0.351 e. The highest BCUT2D eigenvalue weighted by Gasteiger charge is 2.27. The van der Waals surface area contributed by atoms with E-state index in [-0.39, 0.29) is 5.78 Å². The lowest BCUT2D eigenvalue weighted by molar-refractivity contribution is 0.0733. The molecule has 1 aliphatic heterocycles. The molecular weight excluding hydrogens is 236 g/mol. The number of aryl methyl sites for hydroxylation is 1. The number of ketones is 1. The van der Waals surface area contributed by atoms with Gasteiger partial charge in [-0.25, -0.2) is 0 Å². The first-order chi connectivity index (χ1) is 8.91. The summed E-state index contributed by atoms with van der Waals surface area (Å²) in [6.45, 7) is 9.13. The second kappa shape index (κ2) is 5.49. The van der Waals surface area contributed by atoms with Crippen molar-refractivity contribution in [3.8, 4) is 0 Å². The van der Waals surface area contributed by atoms with Crippen LogP contribution in [-0.2, 0) is 7.05 Å². The lowest BCUT2D eigenvalue weighted by Crippen LogP contribution is -2.46. The summed E-state index contributed by atoms with van der Waals surface area (Å²) in [7, 11) is 2.02. The third-order valence-electron chi connectivity index (χ3n) is 4.78. The van der Waals surface area contributed by atoms with Crippen molar-refractivity contribution in [2.45, 2.75) is 59.0 Å². The van der Waals surface area contributed by atoms with E-state index in [4.69, 9.17) is 0 Å². The van der Waals surface area contributed by atoms with Crippen molar-refractivity contribution >= 4 is 5.78 Å². The first-order valence-electron chi connectivity index (χ1n) is 7.33. The van der Waals surface area contributed by atoms with Gasteiger partial charge in [-0.3, -0.25) is 9.69 Å². The molecule has 19 heavy (non-hydrogen) atoms. The van der Waals surface area contributed by atoms with Crippen LogP contribution in [0.15, 0.2) is 6.07 Å². The Labute approximate surface area is 116 Å². The molecule has 3 nitrogen and oxygen atoms in total. The summed E-state index contributed by atoms with van der Waals surface area (Å²) in [6.07, 6.45) is 3.71. The number of Topliss-reactive ketones (excluding diaryl/α,β-unsaturated/α-hetero) is 1. The van der Waals surface area contributed by atoms with Crippen LogP contribution in [0.25, 0.3) is 0 Å². The summed E-state index contributed by atoms with van der Waals surface area (Å²) >= 11 is 0. The molecule has 0 N–H and O–H groups in total. The lowest BCUT2D eigenvalue weighted by atomic mass is 9.96. The fourth-order valence-corrected chi connectivity index (χ4v) is 3.18. The molecule has 0 unspecified atom stereocenters. The molecule has 1 fully saturated rings. The Hall–Kier alpha value is -1.09. The molecule has 1 aromatic heterocycles. The number of hydrogen-bond donors (Lipinski definition) is 0. The van der Waals surface area contributed by atoms with Gasteiger partial charge in [0.1, 0.15) is 0 Å². The monoisotopic (exact) mass is 262 g/mol. The first kappa shape index (κ1) is 14.3. The standard InChI is InChI=1S/C16H26N2O/c1-11-7-6-8-12(2)18(11)10-16(19)15-9-13(3)17(5)14(15)4/h9,11-12H,6-8,10H2,1-5H3/t11-,12+. The fourth-order valence-electron chi connectivity index (χ4n) is 3.18. The van der Waals surface area contributed by atoms with Crippen LogP contribution >= 0.6 is 0 Å². The van der Waals surface area contributed by atoms with Crippen LogP contribution in [-0.4, -0.2) is 33.9 Å². The summed E-state index contributed by atoms with van der Waals surface area (Å²) in [4.78, 5) is 14.9. The molecule has 0 amide bonds. The number of aromatic nitrogens is 1. The SMILES string of the molecule is Cc1cc(C(=O)CN2[C@H](C)CCC[C@@H]2C)c(C)n1C. The van der Waals surface area contributed by atoms with Gasteiger partial charge >= 0.3 is 0 Å². The van der Waals surface area contributed by atoms with E-state index in [1.54, 1.807) is 0 Å². The molecule has 2 heterocycles. The van der Waals surface area contributed by atoms with E-state index >= 15 is 0 Å². The highest BCUT2D eigenvalue weighted by molar-refractivity contribution is 5.99. The van der Waals surface area contributed by atoms with E-state index in [0.717, 1.165) is 17.0 Å². The number of hydrogen-bond acceptors (Lipinski definition) is 2. The quantitative estimate of drug-likeness (QED) is 0.782. The van der Waals surface area contributed by atoms with Gasteiger partial charge in [-0.1, -0.05) is 6.42 Å². The van der Waals surface area contributed by atoms with E-state index in [1.165, 1.54) is 19.3 Å². The van der Waals surface area contributed by atoms with Crippen molar-refractivity contribution in [3.63, 3.8) is 0 Å².